The van der Waals surface area contributed by atoms with Gasteiger partial charge in [-0.05, 0) is 32.9 Å². The van der Waals surface area contributed by atoms with Crippen LogP contribution in [-0.2, 0) is 0 Å². The van der Waals surface area contributed by atoms with Crippen LogP contribution in [0.3, 0.4) is 0 Å². The summed E-state index contributed by atoms with van der Waals surface area (Å²) in [7, 11) is 0. The van der Waals surface area contributed by atoms with Crippen LogP contribution in [-0.4, -0.2) is 26.7 Å². The van der Waals surface area contributed by atoms with Gasteiger partial charge in [-0.25, -0.2) is 14.8 Å². The summed E-state index contributed by atoms with van der Waals surface area (Å²) >= 11 is 1.37. The van der Waals surface area contributed by atoms with Crippen molar-refractivity contribution in [3.05, 3.63) is 29.9 Å². The second-order valence-electron chi connectivity index (χ2n) is 5.03. The van der Waals surface area contributed by atoms with Crippen LogP contribution >= 0.6 is 11.3 Å². The average molecular weight is 277 g/mol. The molecule has 19 heavy (non-hydrogen) atoms. The lowest BCUT2D eigenvalue weighted by Crippen LogP contribution is -2.44. The Morgan fingerprint density at radius 1 is 1.32 bits per heavy atom. The minimum absolute atomic E-state index is 0.495. The van der Waals surface area contributed by atoms with Crippen molar-refractivity contribution in [1.82, 2.24) is 9.97 Å². The molecule has 1 amide bonds. The number of anilines is 1. The maximum atomic E-state index is 11.4. The molecule has 0 saturated heterocycles. The molecule has 100 valence electrons. The molecule has 0 aliphatic heterocycles. The Balaban J connectivity index is 2.38. The van der Waals surface area contributed by atoms with Crippen molar-refractivity contribution in [2.45, 2.75) is 26.3 Å². The number of hydrogen-bond acceptors (Lipinski definition) is 4. The molecular weight excluding hydrogens is 262 g/mol. The fourth-order valence-electron chi connectivity index (χ4n) is 1.72. The molecule has 0 radical (unpaired) electrons. The van der Waals surface area contributed by atoms with Gasteiger partial charge in [0.2, 0.25) is 0 Å². The molecule has 0 saturated carbocycles. The van der Waals surface area contributed by atoms with Gasteiger partial charge in [0.25, 0.3) is 0 Å². The summed E-state index contributed by atoms with van der Waals surface area (Å²) in [6.07, 6.45) is 2.37. The molecule has 0 unspecified atom stereocenters. The highest BCUT2D eigenvalue weighted by Crippen LogP contribution is 2.33. The zero-order valence-electron chi connectivity index (χ0n) is 11.0. The van der Waals surface area contributed by atoms with E-state index in [0.717, 1.165) is 5.56 Å². The molecule has 2 aromatic rings. The Bertz CT molecular complexity index is 575. The topological polar surface area (TPSA) is 66.3 Å². The van der Waals surface area contributed by atoms with E-state index in [1.165, 1.54) is 16.2 Å². The normalized spacial score (nSPS) is 11.3. The number of aromatic nitrogens is 2. The third kappa shape index (κ3) is 2.90. The van der Waals surface area contributed by atoms with Crippen molar-refractivity contribution >= 4 is 22.4 Å². The Kier molecular flexibility index (Phi) is 3.53. The van der Waals surface area contributed by atoms with Crippen LogP contribution in [0.2, 0.25) is 0 Å². The number of carbonyl (C=O) groups is 1. The first-order valence-electron chi connectivity index (χ1n) is 5.78. The van der Waals surface area contributed by atoms with Crippen LogP contribution < -0.4 is 4.90 Å². The number of thiophene rings is 1. The molecule has 0 aromatic carbocycles. The number of rotatable bonds is 2. The lowest BCUT2D eigenvalue weighted by Gasteiger charge is -2.31. The first-order chi connectivity index (χ1) is 8.89. The third-order valence-corrected chi connectivity index (χ3v) is 3.41. The SMILES string of the molecule is CC(C)(C)N(C(=O)O)c1cc(-c2ncccn2)cs1. The van der Waals surface area contributed by atoms with Crippen LogP contribution in [0.5, 0.6) is 0 Å². The molecule has 1 N–H and O–H groups in total. The summed E-state index contributed by atoms with van der Waals surface area (Å²) < 4.78 is 0. The second kappa shape index (κ2) is 4.97. The van der Waals surface area contributed by atoms with E-state index in [1.807, 2.05) is 26.2 Å². The van der Waals surface area contributed by atoms with Gasteiger partial charge < -0.3 is 5.11 Å². The molecule has 0 fully saturated rings. The Hall–Kier alpha value is -1.95. The van der Waals surface area contributed by atoms with Gasteiger partial charge in [-0.3, -0.25) is 4.90 Å². The predicted octanol–water partition coefficient (Wildman–Crippen LogP) is 3.49. The minimum atomic E-state index is -0.963. The van der Waals surface area contributed by atoms with Gasteiger partial charge in [0.15, 0.2) is 5.82 Å². The van der Waals surface area contributed by atoms with Gasteiger partial charge in [0, 0.05) is 28.9 Å². The lowest BCUT2D eigenvalue weighted by atomic mass is 10.1. The highest BCUT2D eigenvalue weighted by atomic mass is 32.1. The zero-order valence-corrected chi connectivity index (χ0v) is 11.8. The molecule has 0 spiro atoms. The summed E-state index contributed by atoms with van der Waals surface area (Å²) in [4.78, 5) is 21.1. The van der Waals surface area contributed by atoms with Crippen molar-refractivity contribution < 1.29 is 9.90 Å². The van der Waals surface area contributed by atoms with Gasteiger partial charge in [0.1, 0.15) is 5.00 Å². The fraction of sp³-hybridized carbons (Fsp3) is 0.308. The molecular formula is C13H15N3O2S. The summed E-state index contributed by atoms with van der Waals surface area (Å²) in [5, 5.41) is 11.9. The smallest absolute Gasteiger partial charge is 0.412 e. The first kappa shape index (κ1) is 13.5. The third-order valence-electron chi connectivity index (χ3n) is 2.49. The van der Waals surface area contributed by atoms with E-state index in [9.17, 15) is 9.90 Å². The molecule has 2 aromatic heterocycles. The molecule has 0 aliphatic carbocycles. The zero-order chi connectivity index (χ0) is 14.0. The number of carboxylic acid groups (broad SMARTS) is 1. The monoisotopic (exact) mass is 277 g/mol. The standard InChI is InChI=1S/C13H15N3O2S/c1-13(2,3)16(12(17)18)10-7-9(8-19-10)11-14-5-4-6-15-11/h4-8H,1-3H3,(H,17,18). The Morgan fingerprint density at radius 2 is 1.95 bits per heavy atom. The quantitative estimate of drug-likeness (QED) is 0.912. The average Bonchev–Trinajstić information content (AvgIpc) is 2.77. The highest BCUT2D eigenvalue weighted by molar-refractivity contribution is 7.14. The maximum Gasteiger partial charge on any atom is 0.412 e. The predicted molar refractivity (Wildman–Crippen MR) is 75.6 cm³/mol. The number of amides is 1. The van der Waals surface area contributed by atoms with E-state index < -0.39 is 11.6 Å². The van der Waals surface area contributed by atoms with Gasteiger partial charge in [0.05, 0.1) is 0 Å². The van der Waals surface area contributed by atoms with Crippen molar-refractivity contribution in [2.75, 3.05) is 4.90 Å². The lowest BCUT2D eigenvalue weighted by molar-refractivity contribution is 0.196. The number of hydrogen-bond donors (Lipinski definition) is 1. The van der Waals surface area contributed by atoms with E-state index in [4.69, 9.17) is 0 Å². The van der Waals surface area contributed by atoms with Crippen molar-refractivity contribution in [3.8, 4) is 11.4 Å². The molecule has 0 atom stereocenters. The summed E-state index contributed by atoms with van der Waals surface area (Å²) in [5.41, 5.74) is 0.335. The van der Waals surface area contributed by atoms with Gasteiger partial charge in [-0.2, -0.15) is 0 Å². The van der Waals surface area contributed by atoms with Gasteiger partial charge in [-0.1, -0.05) is 0 Å². The van der Waals surface area contributed by atoms with Gasteiger partial charge >= 0.3 is 6.09 Å². The van der Waals surface area contributed by atoms with Crippen LogP contribution in [0.1, 0.15) is 20.8 Å². The molecule has 6 heteroatoms. The van der Waals surface area contributed by atoms with E-state index in [2.05, 4.69) is 9.97 Å². The van der Waals surface area contributed by atoms with Crippen molar-refractivity contribution in [3.63, 3.8) is 0 Å². The Labute approximate surface area is 115 Å². The van der Waals surface area contributed by atoms with E-state index >= 15 is 0 Å². The molecule has 0 bridgehead atoms. The maximum absolute atomic E-state index is 11.4. The molecule has 0 aliphatic rings. The summed E-state index contributed by atoms with van der Waals surface area (Å²) in [6, 6.07) is 3.55. The largest absolute Gasteiger partial charge is 0.465 e. The Morgan fingerprint density at radius 3 is 2.47 bits per heavy atom. The molecule has 2 rings (SSSR count). The van der Waals surface area contributed by atoms with Gasteiger partial charge in [-0.15, -0.1) is 11.3 Å². The minimum Gasteiger partial charge on any atom is -0.465 e. The number of nitrogens with zero attached hydrogens (tertiary/aromatic N) is 3. The fourth-order valence-corrected chi connectivity index (χ4v) is 2.79. The van der Waals surface area contributed by atoms with Crippen LogP contribution in [0.4, 0.5) is 9.80 Å². The van der Waals surface area contributed by atoms with Crippen molar-refractivity contribution in [2.24, 2.45) is 0 Å². The molecule has 5 nitrogen and oxygen atoms in total. The van der Waals surface area contributed by atoms with Crippen LogP contribution in [0.25, 0.3) is 11.4 Å². The molecule has 2 heterocycles. The van der Waals surface area contributed by atoms with Crippen molar-refractivity contribution in [1.29, 1.82) is 0 Å². The highest BCUT2D eigenvalue weighted by Gasteiger charge is 2.29. The van der Waals surface area contributed by atoms with Crippen LogP contribution in [0.15, 0.2) is 29.9 Å². The van der Waals surface area contributed by atoms with E-state index in [0.29, 0.717) is 10.8 Å². The summed E-state index contributed by atoms with van der Waals surface area (Å²) in [6.45, 7) is 5.58. The van der Waals surface area contributed by atoms with E-state index in [1.54, 1.807) is 24.5 Å². The van der Waals surface area contributed by atoms with E-state index in [-0.39, 0.29) is 0 Å². The first-order valence-corrected chi connectivity index (χ1v) is 6.66. The van der Waals surface area contributed by atoms with Crippen LogP contribution in [0, 0.1) is 0 Å². The summed E-state index contributed by atoms with van der Waals surface area (Å²) in [5.74, 6) is 0.601. The second-order valence-corrected chi connectivity index (χ2v) is 5.92.